The molecule has 2 heterocycles. The predicted molar refractivity (Wildman–Crippen MR) is 111 cm³/mol. The third-order valence-electron chi connectivity index (χ3n) is 5.39. The number of aromatic nitrogens is 1. The van der Waals surface area contributed by atoms with Crippen molar-refractivity contribution >= 4 is 5.69 Å². The topological polar surface area (TPSA) is 69.4 Å². The van der Waals surface area contributed by atoms with Crippen LogP contribution in [0.25, 0.3) is 0 Å². The maximum atomic E-state index is 13.6. The summed E-state index contributed by atoms with van der Waals surface area (Å²) < 4.78 is 19.7. The zero-order chi connectivity index (χ0) is 21.3. The van der Waals surface area contributed by atoms with E-state index in [9.17, 15) is 14.8 Å². The normalized spacial score (nSPS) is 19.3. The number of hydrogen-bond acceptors (Lipinski definition) is 5. The summed E-state index contributed by atoms with van der Waals surface area (Å²) in [5.41, 5.74) is 1.86. The molecule has 0 unspecified atom stereocenters. The molecule has 1 N–H and O–H groups in total. The van der Waals surface area contributed by atoms with Crippen LogP contribution in [0, 0.1) is 17.1 Å². The van der Waals surface area contributed by atoms with Gasteiger partial charge in [0.05, 0.1) is 29.9 Å². The quantitative estimate of drug-likeness (QED) is 0.700. The van der Waals surface area contributed by atoms with E-state index in [1.807, 2.05) is 36.9 Å². The maximum Gasteiger partial charge on any atom is 0.132 e. The average Bonchev–Trinajstić information content (AvgIpc) is 2.74. The van der Waals surface area contributed by atoms with Gasteiger partial charge in [0, 0.05) is 17.4 Å². The van der Waals surface area contributed by atoms with Crippen LogP contribution in [0.5, 0.6) is 5.75 Å². The number of ether oxygens (including phenoxy) is 1. The molecule has 1 aliphatic rings. The molecular weight excluding hydrogens is 381 g/mol. The molecule has 1 aliphatic heterocycles. The van der Waals surface area contributed by atoms with Crippen LogP contribution in [0.3, 0.4) is 0 Å². The number of anilines is 1. The maximum absolute atomic E-state index is 13.6. The molecule has 152 valence electrons. The summed E-state index contributed by atoms with van der Waals surface area (Å²) in [6.07, 6.45) is 0.803. The highest BCUT2D eigenvalue weighted by Gasteiger charge is 2.45. The second-order valence-electron chi connectivity index (χ2n) is 7.88. The predicted octanol–water partition coefficient (Wildman–Crippen LogP) is 4.37. The summed E-state index contributed by atoms with van der Waals surface area (Å²) in [5.74, 6) is 0.277. The number of pyridine rings is 1. The van der Waals surface area contributed by atoms with Gasteiger partial charge in [0.25, 0.3) is 0 Å². The van der Waals surface area contributed by atoms with Crippen molar-refractivity contribution in [1.82, 2.24) is 4.98 Å². The Morgan fingerprint density at radius 3 is 2.60 bits per heavy atom. The summed E-state index contributed by atoms with van der Waals surface area (Å²) in [4.78, 5) is 6.41. The fraction of sp³-hybridized carbons (Fsp3) is 0.250. The molecule has 2 atom stereocenters. The largest absolute Gasteiger partial charge is 0.485 e. The minimum Gasteiger partial charge on any atom is -0.485 e. The standard InChI is InChI=1S/C24H22FN3O2/c1-24(2)23(29)22(20-13-16(14-26)6-11-21(20)30-24)28(15-18-5-3-4-12-27-18)19-9-7-17(25)8-10-19/h3-13,22-23,29H,15H2,1-2H3/t22-,23+/m0/s1. The van der Waals surface area contributed by atoms with E-state index >= 15 is 0 Å². The molecule has 2 aromatic carbocycles. The number of aliphatic hydroxyl groups is 1. The Bertz CT molecular complexity index is 1080. The number of halogens is 1. The molecule has 6 heteroatoms. The van der Waals surface area contributed by atoms with Gasteiger partial charge in [0.15, 0.2) is 0 Å². The van der Waals surface area contributed by atoms with Crippen LogP contribution in [-0.4, -0.2) is 21.8 Å². The fourth-order valence-corrected chi connectivity index (χ4v) is 3.82. The van der Waals surface area contributed by atoms with Gasteiger partial charge in [-0.25, -0.2) is 4.39 Å². The number of fused-ring (bicyclic) bond motifs is 1. The van der Waals surface area contributed by atoms with Crippen molar-refractivity contribution in [3.05, 3.63) is 89.5 Å². The number of benzene rings is 2. The number of hydrogen-bond donors (Lipinski definition) is 1. The van der Waals surface area contributed by atoms with E-state index in [0.717, 1.165) is 11.4 Å². The monoisotopic (exact) mass is 403 g/mol. The number of aliphatic hydroxyl groups excluding tert-OH is 1. The van der Waals surface area contributed by atoms with Crippen LogP contribution in [0.4, 0.5) is 10.1 Å². The van der Waals surface area contributed by atoms with E-state index in [1.165, 1.54) is 12.1 Å². The van der Waals surface area contributed by atoms with Crippen LogP contribution in [0.15, 0.2) is 66.9 Å². The van der Waals surface area contributed by atoms with Gasteiger partial charge in [-0.3, -0.25) is 4.98 Å². The van der Waals surface area contributed by atoms with Crippen LogP contribution in [-0.2, 0) is 6.54 Å². The Morgan fingerprint density at radius 1 is 1.17 bits per heavy atom. The summed E-state index contributed by atoms with van der Waals surface area (Å²) in [6.45, 7) is 4.05. The lowest BCUT2D eigenvalue weighted by molar-refractivity contribution is -0.0590. The molecule has 1 aromatic heterocycles. The van der Waals surface area contributed by atoms with Gasteiger partial charge in [-0.1, -0.05) is 6.07 Å². The molecule has 0 fully saturated rings. The smallest absolute Gasteiger partial charge is 0.132 e. The van der Waals surface area contributed by atoms with Crippen molar-refractivity contribution in [1.29, 1.82) is 5.26 Å². The van der Waals surface area contributed by atoms with E-state index in [1.54, 1.807) is 36.5 Å². The van der Waals surface area contributed by atoms with Gasteiger partial charge < -0.3 is 14.7 Å². The molecular formula is C24H22FN3O2. The van der Waals surface area contributed by atoms with Crippen molar-refractivity contribution in [2.24, 2.45) is 0 Å². The highest BCUT2D eigenvalue weighted by molar-refractivity contribution is 5.55. The van der Waals surface area contributed by atoms with Crippen LogP contribution < -0.4 is 9.64 Å². The molecule has 0 saturated carbocycles. The Balaban J connectivity index is 1.88. The number of nitrogens with zero attached hydrogens (tertiary/aromatic N) is 3. The van der Waals surface area contributed by atoms with Crippen LogP contribution in [0.1, 0.15) is 36.7 Å². The first kappa shape index (κ1) is 19.9. The van der Waals surface area contributed by atoms with Crippen molar-refractivity contribution in [3.8, 4) is 11.8 Å². The fourth-order valence-electron chi connectivity index (χ4n) is 3.82. The van der Waals surface area contributed by atoms with Gasteiger partial charge in [-0.2, -0.15) is 5.26 Å². The molecule has 0 saturated heterocycles. The van der Waals surface area contributed by atoms with E-state index in [2.05, 4.69) is 11.1 Å². The Morgan fingerprint density at radius 2 is 1.93 bits per heavy atom. The zero-order valence-electron chi connectivity index (χ0n) is 16.8. The van der Waals surface area contributed by atoms with Gasteiger partial charge >= 0.3 is 0 Å². The molecule has 0 spiro atoms. The van der Waals surface area contributed by atoms with Gasteiger partial charge in [0.2, 0.25) is 0 Å². The summed E-state index contributed by atoms with van der Waals surface area (Å²) in [5, 5.41) is 20.7. The van der Waals surface area contributed by atoms with Crippen LogP contribution in [0.2, 0.25) is 0 Å². The Hall–Kier alpha value is -3.43. The average molecular weight is 403 g/mol. The number of nitriles is 1. The van der Waals surface area contributed by atoms with Crippen molar-refractivity contribution in [2.45, 2.75) is 38.1 Å². The lowest BCUT2D eigenvalue weighted by Crippen LogP contribution is -2.53. The highest BCUT2D eigenvalue weighted by Crippen LogP contribution is 2.45. The lowest BCUT2D eigenvalue weighted by Gasteiger charge is -2.47. The zero-order valence-corrected chi connectivity index (χ0v) is 16.8. The van der Waals surface area contributed by atoms with Crippen molar-refractivity contribution in [2.75, 3.05) is 4.90 Å². The van der Waals surface area contributed by atoms with E-state index < -0.39 is 17.7 Å². The van der Waals surface area contributed by atoms with E-state index in [0.29, 0.717) is 23.4 Å². The van der Waals surface area contributed by atoms with Gasteiger partial charge in [0.1, 0.15) is 23.3 Å². The minimum absolute atomic E-state index is 0.337. The second-order valence-corrected chi connectivity index (χ2v) is 7.88. The SMILES string of the molecule is CC1(C)Oc2ccc(C#N)cc2[C@H](N(Cc2ccccn2)c2ccc(F)cc2)[C@H]1O. The van der Waals surface area contributed by atoms with Crippen molar-refractivity contribution < 1.29 is 14.2 Å². The first-order valence-electron chi connectivity index (χ1n) is 9.72. The Kier molecular flexibility index (Phi) is 5.15. The van der Waals surface area contributed by atoms with E-state index in [-0.39, 0.29) is 5.82 Å². The molecule has 0 bridgehead atoms. The summed E-state index contributed by atoms with van der Waals surface area (Å²) in [7, 11) is 0. The molecule has 3 aromatic rings. The van der Waals surface area contributed by atoms with Crippen molar-refractivity contribution in [3.63, 3.8) is 0 Å². The third kappa shape index (κ3) is 3.72. The highest BCUT2D eigenvalue weighted by atomic mass is 19.1. The third-order valence-corrected chi connectivity index (χ3v) is 5.39. The van der Waals surface area contributed by atoms with Gasteiger partial charge in [-0.05, 0) is 68.4 Å². The second kappa shape index (κ2) is 7.77. The molecule has 5 nitrogen and oxygen atoms in total. The molecule has 0 radical (unpaired) electrons. The molecule has 30 heavy (non-hydrogen) atoms. The minimum atomic E-state index is -0.910. The first-order valence-corrected chi connectivity index (χ1v) is 9.72. The summed E-state index contributed by atoms with van der Waals surface area (Å²) in [6, 6.07) is 18.6. The van der Waals surface area contributed by atoms with Crippen LogP contribution >= 0.6 is 0 Å². The summed E-state index contributed by atoms with van der Waals surface area (Å²) >= 11 is 0. The molecule has 0 aliphatic carbocycles. The van der Waals surface area contributed by atoms with E-state index in [4.69, 9.17) is 4.74 Å². The van der Waals surface area contributed by atoms with Gasteiger partial charge in [-0.15, -0.1) is 0 Å². The number of rotatable bonds is 4. The molecule has 4 rings (SSSR count). The molecule has 0 amide bonds. The Labute approximate surface area is 175 Å². The first-order chi connectivity index (χ1) is 14.4. The lowest BCUT2D eigenvalue weighted by atomic mass is 9.84.